The van der Waals surface area contributed by atoms with Gasteiger partial charge in [-0.1, -0.05) is 6.07 Å². The van der Waals surface area contributed by atoms with Crippen LogP contribution in [0.15, 0.2) is 46.6 Å². The maximum absolute atomic E-state index is 13.3. The summed E-state index contributed by atoms with van der Waals surface area (Å²) in [7, 11) is 1.26. The summed E-state index contributed by atoms with van der Waals surface area (Å²) in [5, 5.41) is 17.0. The van der Waals surface area contributed by atoms with Crippen molar-refractivity contribution in [3.8, 4) is 0 Å². The van der Waals surface area contributed by atoms with E-state index in [1.54, 1.807) is 6.07 Å². The molecular formula is C20H22FN7O4. The molecule has 11 nitrogen and oxygen atoms in total. The first-order valence-corrected chi connectivity index (χ1v) is 9.73. The number of rotatable bonds is 7. The lowest BCUT2D eigenvalue weighted by atomic mass is 10.2. The number of azo groups is 1. The van der Waals surface area contributed by atoms with Crippen LogP contribution in [-0.4, -0.2) is 52.6 Å². The Morgan fingerprint density at radius 1 is 1.38 bits per heavy atom. The molecule has 0 saturated carbocycles. The van der Waals surface area contributed by atoms with Crippen LogP contribution >= 0.6 is 0 Å². The number of nitrogen functional groups attached to an aromatic ring is 1. The average Bonchev–Trinajstić information content (AvgIpc) is 3.41. The van der Waals surface area contributed by atoms with Gasteiger partial charge in [0.15, 0.2) is 11.5 Å². The number of halogens is 1. The second kappa shape index (κ2) is 10.3. The molecule has 1 saturated heterocycles. The Morgan fingerprint density at radius 3 is 2.94 bits per heavy atom. The van der Waals surface area contributed by atoms with Crippen molar-refractivity contribution < 1.29 is 23.5 Å². The number of aromatic amines is 1. The van der Waals surface area contributed by atoms with Crippen LogP contribution in [-0.2, 0) is 25.7 Å². The van der Waals surface area contributed by atoms with Crippen molar-refractivity contribution in [1.29, 1.82) is 0 Å². The van der Waals surface area contributed by atoms with Crippen LogP contribution in [0, 0.1) is 5.82 Å². The van der Waals surface area contributed by atoms with Gasteiger partial charge in [-0.05, 0) is 25.0 Å². The number of esters is 1. The van der Waals surface area contributed by atoms with Crippen LogP contribution in [0.25, 0.3) is 0 Å². The fraction of sp³-hybridized carbons (Fsp3) is 0.300. The van der Waals surface area contributed by atoms with Gasteiger partial charge in [-0.2, -0.15) is 10.2 Å². The van der Waals surface area contributed by atoms with E-state index in [4.69, 9.17) is 10.5 Å². The van der Waals surface area contributed by atoms with Crippen LogP contribution in [0.2, 0.25) is 0 Å². The highest BCUT2D eigenvalue weighted by Gasteiger charge is 2.33. The summed E-state index contributed by atoms with van der Waals surface area (Å²) in [6, 6.07) is 4.90. The lowest BCUT2D eigenvalue weighted by Gasteiger charge is -2.20. The van der Waals surface area contributed by atoms with Crippen molar-refractivity contribution in [3.63, 3.8) is 0 Å². The predicted molar refractivity (Wildman–Crippen MR) is 111 cm³/mol. The van der Waals surface area contributed by atoms with Gasteiger partial charge in [0, 0.05) is 24.8 Å². The summed E-state index contributed by atoms with van der Waals surface area (Å²) < 4.78 is 18.0. The molecule has 12 heteroatoms. The molecule has 1 atom stereocenters. The largest absolute Gasteiger partial charge is 0.467 e. The molecule has 0 spiro atoms. The number of methoxy groups -OCH3 is 1. The van der Waals surface area contributed by atoms with E-state index in [0.29, 0.717) is 25.1 Å². The Labute approximate surface area is 182 Å². The molecule has 0 radical (unpaired) electrons. The summed E-state index contributed by atoms with van der Waals surface area (Å²) in [5.41, 5.74) is 6.64. The molecule has 1 aliphatic rings. The number of anilines is 1. The highest BCUT2D eigenvalue weighted by atomic mass is 19.1. The fourth-order valence-electron chi connectivity index (χ4n) is 3.16. The number of likely N-dealkylation sites (tertiary alicyclic amines) is 1. The number of hydrogen-bond acceptors (Lipinski definition) is 8. The molecule has 1 aromatic carbocycles. The van der Waals surface area contributed by atoms with Gasteiger partial charge in [0.2, 0.25) is 11.8 Å². The van der Waals surface area contributed by atoms with Crippen LogP contribution in [0.5, 0.6) is 0 Å². The van der Waals surface area contributed by atoms with E-state index in [1.807, 2.05) is 0 Å². The Balaban J connectivity index is 1.58. The van der Waals surface area contributed by atoms with Gasteiger partial charge >= 0.3 is 5.97 Å². The molecule has 168 valence electrons. The van der Waals surface area contributed by atoms with Crippen LogP contribution in [0.3, 0.4) is 0 Å². The molecule has 1 fully saturated rings. The number of nitrogens with two attached hydrogens (primary N) is 1. The third-order valence-corrected chi connectivity index (χ3v) is 4.74. The zero-order valence-electron chi connectivity index (χ0n) is 17.2. The normalized spacial score (nSPS) is 16.1. The summed E-state index contributed by atoms with van der Waals surface area (Å²) in [4.78, 5) is 37.6. The monoisotopic (exact) mass is 443 g/mol. The molecule has 4 N–H and O–H groups in total. The first kappa shape index (κ1) is 22.6. The number of nitrogens with one attached hydrogen (secondary N) is 2. The molecule has 1 aliphatic heterocycles. The molecule has 0 aliphatic carbocycles. The Kier molecular flexibility index (Phi) is 7.26. The first-order valence-electron chi connectivity index (χ1n) is 9.73. The molecule has 2 aromatic rings. The zero-order valence-corrected chi connectivity index (χ0v) is 17.2. The summed E-state index contributed by atoms with van der Waals surface area (Å²) >= 11 is 0. The maximum atomic E-state index is 13.3. The molecule has 2 amide bonds. The maximum Gasteiger partial charge on any atom is 0.328 e. The molecular weight excluding hydrogens is 421 g/mol. The Morgan fingerprint density at radius 2 is 2.19 bits per heavy atom. The fourth-order valence-corrected chi connectivity index (χ4v) is 3.16. The van der Waals surface area contributed by atoms with Crippen LogP contribution in [0.1, 0.15) is 18.5 Å². The lowest BCUT2D eigenvalue weighted by Crippen LogP contribution is -2.40. The molecule has 1 aromatic heterocycles. The van der Waals surface area contributed by atoms with E-state index >= 15 is 0 Å². The van der Waals surface area contributed by atoms with Crippen molar-refractivity contribution in [1.82, 2.24) is 20.4 Å². The van der Waals surface area contributed by atoms with Gasteiger partial charge in [0.05, 0.1) is 25.0 Å². The van der Waals surface area contributed by atoms with E-state index in [-0.39, 0.29) is 23.7 Å². The van der Waals surface area contributed by atoms with Crippen molar-refractivity contribution in [2.24, 2.45) is 10.2 Å². The van der Waals surface area contributed by atoms with E-state index in [0.717, 1.165) is 12.2 Å². The summed E-state index contributed by atoms with van der Waals surface area (Å²) in [5.74, 6) is -1.88. The average molecular weight is 443 g/mol. The van der Waals surface area contributed by atoms with Crippen molar-refractivity contribution in [2.75, 3.05) is 19.4 Å². The van der Waals surface area contributed by atoms with E-state index in [2.05, 4.69) is 25.7 Å². The number of aromatic nitrogens is 2. The molecule has 1 unspecified atom stereocenters. The highest BCUT2D eigenvalue weighted by molar-refractivity contribution is 5.98. The molecule has 32 heavy (non-hydrogen) atoms. The van der Waals surface area contributed by atoms with Crippen molar-refractivity contribution in [2.45, 2.75) is 25.4 Å². The molecule has 0 bridgehead atoms. The second-order valence-electron chi connectivity index (χ2n) is 6.88. The Bertz CT molecular complexity index is 1070. The summed E-state index contributed by atoms with van der Waals surface area (Å²) in [6.07, 6.45) is 3.37. The molecule has 2 heterocycles. The number of ether oxygens (including phenoxy) is 1. The van der Waals surface area contributed by atoms with Gasteiger partial charge in [0.1, 0.15) is 11.9 Å². The minimum Gasteiger partial charge on any atom is -0.467 e. The minimum atomic E-state index is -0.640. The van der Waals surface area contributed by atoms with Gasteiger partial charge in [0.25, 0.3) is 0 Å². The van der Waals surface area contributed by atoms with Gasteiger partial charge in [-0.15, -0.1) is 5.11 Å². The number of carbonyl (C=O) groups is 3. The first-order chi connectivity index (χ1) is 15.4. The Hall–Kier alpha value is -4.09. The standard InChI is InChI=1S/C20H22FN7O4/c1-32-20(31)15-6-3-9-28(15)17(30)8-7-16(29)23-11-14-18(19(22)27-25-14)26-24-13-5-2-4-12(21)10-13/h2,4-5,7-8,10,15H,3,6,9,11H2,1H3,(H,23,29)(H3,22,25,27). The smallest absolute Gasteiger partial charge is 0.328 e. The quantitative estimate of drug-likeness (QED) is 0.337. The number of carbonyl (C=O) groups excluding carboxylic acids is 3. The number of H-pyrrole nitrogens is 1. The second-order valence-corrected chi connectivity index (χ2v) is 6.88. The number of benzene rings is 1. The van der Waals surface area contributed by atoms with Gasteiger partial charge < -0.3 is 20.7 Å². The summed E-state index contributed by atoms with van der Waals surface area (Å²) in [6.45, 7) is 0.394. The minimum absolute atomic E-state index is 0.0203. The number of amides is 2. The van der Waals surface area contributed by atoms with Gasteiger partial charge in [-0.3, -0.25) is 14.7 Å². The predicted octanol–water partition coefficient (Wildman–Crippen LogP) is 1.88. The number of hydrogen-bond donors (Lipinski definition) is 3. The van der Waals surface area contributed by atoms with Crippen molar-refractivity contribution in [3.05, 3.63) is 47.9 Å². The van der Waals surface area contributed by atoms with Crippen molar-refractivity contribution >= 4 is 35.0 Å². The number of nitrogens with zero attached hydrogens (tertiary/aromatic N) is 4. The topological polar surface area (TPSA) is 155 Å². The third kappa shape index (κ3) is 5.53. The lowest BCUT2D eigenvalue weighted by molar-refractivity contribution is -0.149. The van der Waals surface area contributed by atoms with E-state index in [9.17, 15) is 18.8 Å². The van der Waals surface area contributed by atoms with E-state index in [1.165, 1.54) is 30.2 Å². The van der Waals surface area contributed by atoms with Crippen LogP contribution < -0.4 is 11.1 Å². The third-order valence-electron chi connectivity index (χ3n) is 4.74. The highest BCUT2D eigenvalue weighted by Crippen LogP contribution is 2.26. The SMILES string of the molecule is COC(=O)C1CCCN1C(=O)C=CC(=O)NCc1[nH]nc(N)c1N=Nc1cccc(F)c1. The van der Waals surface area contributed by atoms with Crippen LogP contribution in [0.4, 0.5) is 21.6 Å². The van der Waals surface area contributed by atoms with E-state index < -0.39 is 29.6 Å². The zero-order chi connectivity index (χ0) is 23.1. The van der Waals surface area contributed by atoms with Gasteiger partial charge in [-0.25, -0.2) is 9.18 Å². The molecule has 3 rings (SSSR count).